The zero-order chi connectivity index (χ0) is 22.2. The first-order valence-electron chi connectivity index (χ1n) is 10.8. The van der Waals surface area contributed by atoms with Crippen molar-refractivity contribution >= 4 is 11.9 Å². The summed E-state index contributed by atoms with van der Waals surface area (Å²) in [5.41, 5.74) is -1.59. The van der Waals surface area contributed by atoms with Crippen molar-refractivity contribution in [3.8, 4) is 0 Å². The maximum Gasteiger partial charge on any atom is 0.337 e. The third-order valence-corrected chi connectivity index (χ3v) is 7.22. The number of hydrogen-bond donors (Lipinski definition) is 0. The zero-order valence-corrected chi connectivity index (χ0v) is 18.2. The molecule has 2 aliphatic heterocycles. The number of hydrogen-bond acceptors (Lipinski definition) is 5. The summed E-state index contributed by atoms with van der Waals surface area (Å²) in [6.07, 6.45) is 3.50. The molecule has 0 amide bonds. The first kappa shape index (κ1) is 21.5. The number of benzene rings is 2. The maximum absolute atomic E-state index is 14.2. The van der Waals surface area contributed by atoms with E-state index in [-0.39, 0.29) is 22.8 Å². The van der Waals surface area contributed by atoms with Gasteiger partial charge in [-0.05, 0) is 23.3 Å². The number of carbonyl (C=O) groups is 2. The second-order valence-electron chi connectivity index (χ2n) is 9.13. The summed E-state index contributed by atoms with van der Waals surface area (Å²) >= 11 is 0. The number of ether oxygens (including phenoxy) is 2. The molecule has 0 N–H and O–H groups in total. The van der Waals surface area contributed by atoms with E-state index in [1.165, 1.54) is 13.2 Å². The highest BCUT2D eigenvalue weighted by Crippen LogP contribution is 2.41. The Morgan fingerprint density at radius 3 is 2.19 bits per heavy atom. The van der Waals surface area contributed by atoms with Crippen LogP contribution in [0.2, 0.25) is 0 Å². The molecule has 2 aromatic rings. The topological polar surface area (TPSA) is 75.7 Å². The lowest BCUT2D eigenvalue weighted by Crippen LogP contribution is -2.57. The number of carbonyl (C=O) groups excluding carboxylic acids is 2. The summed E-state index contributed by atoms with van der Waals surface area (Å²) in [5, 5.41) is 14.2. The van der Waals surface area contributed by atoms with Gasteiger partial charge in [0, 0.05) is 31.3 Å². The highest BCUT2D eigenvalue weighted by Gasteiger charge is 2.50. The molecule has 31 heavy (non-hydrogen) atoms. The fourth-order valence-corrected chi connectivity index (χ4v) is 5.22. The normalized spacial score (nSPS) is 26.0. The lowest BCUT2D eigenvalue weighted by molar-refractivity contribution is -0.931. The van der Waals surface area contributed by atoms with E-state index >= 15 is 0 Å². The van der Waals surface area contributed by atoms with Crippen LogP contribution in [0.15, 0.2) is 54.6 Å². The molecule has 2 aromatic carbocycles. The van der Waals surface area contributed by atoms with E-state index in [9.17, 15) is 14.7 Å². The fourth-order valence-electron chi connectivity index (χ4n) is 5.22. The van der Waals surface area contributed by atoms with E-state index in [0.29, 0.717) is 12.1 Å². The van der Waals surface area contributed by atoms with Crippen LogP contribution >= 0.6 is 0 Å². The minimum absolute atomic E-state index is 0.168. The molecule has 2 heterocycles. The number of methoxy groups -OCH3 is 1. The molecule has 4 rings (SSSR count). The van der Waals surface area contributed by atoms with E-state index < -0.39 is 17.5 Å². The third kappa shape index (κ3) is 3.75. The second-order valence-corrected chi connectivity index (χ2v) is 9.13. The molecular weight excluding hydrogens is 394 g/mol. The Morgan fingerprint density at radius 1 is 0.968 bits per heavy atom. The lowest BCUT2D eigenvalue weighted by Gasteiger charge is -2.45. The Morgan fingerprint density at radius 2 is 1.58 bits per heavy atom. The average Bonchev–Trinajstić information content (AvgIpc) is 2.95. The molecule has 3 unspecified atom stereocenters. The molecule has 2 bridgehead atoms. The van der Waals surface area contributed by atoms with E-state index in [1.807, 2.05) is 0 Å². The van der Waals surface area contributed by atoms with Gasteiger partial charge in [0.2, 0.25) is 0 Å². The molecule has 0 aromatic heterocycles. The molecule has 6 nitrogen and oxygen atoms in total. The number of fused-ring (bicyclic) bond motifs is 2. The fraction of sp³-hybridized carbons (Fsp3) is 0.440. The second kappa shape index (κ2) is 8.09. The van der Waals surface area contributed by atoms with Crippen molar-refractivity contribution in [2.75, 3.05) is 21.2 Å². The molecule has 0 saturated carbocycles. The van der Waals surface area contributed by atoms with Gasteiger partial charge in [-0.3, -0.25) is 4.79 Å². The van der Waals surface area contributed by atoms with Gasteiger partial charge in [0.1, 0.15) is 6.10 Å². The Hall–Kier alpha value is -2.70. The van der Waals surface area contributed by atoms with Gasteiger partial charge < -0.3 is 19.1 Å². The molecular formula is C25H29NO5. The summed E-state index contributed by atoms with van der Waals surface area (Å²) in [6, 6.07) is 15.5. The van der Waals surface area contributed by atoms with Crippen molar-refractivity contribution in [3.05, 3.63) is 71.3 Å². The molecule has 3 atom stereocenters. The monoisotopic (exact) mass is 423 g/mol. The van der Waals surface area contributed by atoms with E-state index in [2.05, 4.69) is 14.1 Å². The van der Waals surface area contributed by atoms with Crippen molar-refractivity contribution in [3.63, 3.8) is 0 Å². The van der Waals surface area contributed by atoms with Crippen LogP contribution in [0.5, 0.6) is 0 Å². The van der Waals surface area contributed by atoms with Gasteiger partial charge in [0.05, 0.1) is 38.9 Å². The third-order valence-electron chi connectivity index (χ3n) is 7.22. The Kier molecular flexibility index (Phi) is 5.62. The van der Waals surface area contributed by atoms with E-state index in [4.69, 9.17) is 9.47 Å². The molecule has 0 radical (unpaired) electrons. The van der Waals surface area contributed by atoms with Crippen LogP contribution in [0.1, 0.15) is 47.2 Å². The smallest absolute Gasteiger partial charge is 0.337 e. The molecule has 0 aliphatic carbocycles. The van der Waals surface area contributed by atoms with Crippen LogP contribution in [-0.4, -0.2) is 55.8 Å². The van der Waals surface area contributed by atoms with Crippen LogP contribution in [0.4, 0.5) is 0 Å². The Bertz CT molecular complexity index is 957. The Balaban J connectivity index is 1.66. The van der Waals surface area contributed by atoms with Crippen molar-refractivity contribution in [1.29, 1.82) is 0 Å². The molecule has 2 saturated heterocycles. The Labute approximate surface area is 183 Å². The van der Waals surface area contributed by atoms with Gasteiger partial charge in [0.15, 0.2) is 0 Å². The number of esters is 2. The summed E-state index contributed by atoms with van der Waals surface area (Å²) in [4.78, 5) is 25.4. The van der Waals surface area contributed by atoms with Crippen molar-refractivity contribution in [2.45, 2.75) is 49.5 Å². The average molecular weight is 424 g/mol. The predicted molar refractivity (Wildman–Crippen MR) is 113 cm³/mol. The molecule has 2 aliphatic rings. The summed E-state index contributed by atoms with van der Waals surface area (Å²) in [6.45, 7) is 0. The van der Waals surface area contributed by atoms with Crippen molar-refractivity contribution in [2.24, 2.45) is 0 Å². The van der Waals surface area contributed by atoms with Crippen LogP contribution in [-0.2, 0) is 19.9 Å². The highest BCUT2D eigenvalue weighted by atomic mass is 16.6. The van der Waals surface area contributed by atoms with Gasteiger partial charge in [-0.1, -0.05) is 42.5 Å². The van der Waals surface area contributed by atoms with Gasteiger partial charge in [-0.15, -0.1) is 0 Å². The SMILES string of the molecule is COC(=O)c1cccc(C([O-])(C(=O)OC2CC3CCC(C2)[N+]3(C)C)c2ccccc2)c1. The van der Waals surface area contributed by atoms with Crippen LogP contribution < -0.4 is 5.11 Å². The maximum atomic E-state index is 14.2. The van der Waals surface area contributed by atoms with Gasteiger partial charge in [-0.2, -0.15) is 0 Å². The van der Waals surface area contributed by atoms with E-state index in [1.54, 1.807) is 48.5 Å². The summed E-state index contributed by atoms with van der Waals surface area (Å²) < 4.78 is 11.6. The highest BCUT2D eigenvalue weighted by molar-refractivity contribution is 5.91. The standard InChI is InChI=1S/C25H29NO5/c1-26(2)20-12-13-21(26)16-22(15-20)31-24(28)25(29,18-9-5-4-6-10-18)19-11-7-8-17(14-19)23(27)30-3/h4-11,14,20-22H,12-13,15-16H2,1-3H3. The van der Waals surface area contributed by atoms with Gasteiger partial charge in [0.25, 0.3) is 0 Å². The number of piperidine rings is 1. The first-order chi connectivity index (χ1) is 14.8. The predicted octanol–water partition coefficient (Wildman–Crippen LogP) is 2.39. The minimum atomic E-state index is -2.27. The molecule has 6 heteroatoms. The molecule has 2 fully saturated rings. The number of rotatable bonds is 5. The van der Waals surface area contributed by atoms with Gasteiger partial charge >= 0.3 is 11.9 Å². The quantitative estimate of drug-likeness (QED) is 0.545. The van der Waals surface area contributed by atoms with Crippen molar-refractivity contribution in [1.82, 2.24) is 0 Å². The van der Waals surface area contributed by atoms with Crippen molar-refractivity contribution < 1.29 is 28.7 Å². The van der Waals surface area contributed by atoms with Gasteiger partial charge in [-0.25, -0.2) is 4.79 Å². The summed E-state index contributed by atoms with van der Waals surface area (Å²) in [7, 11) is 5.75. The zero-order valence-electron chi connectivity index (χ0n) is 18.2. The van der Waals surface area contributed by atoms with Crippen LogP contribution in [0.25, 0.3) is 0 Å². The summed E-state index contributed by atoms with van der Waals surface area (Å²) in [5.74, 6) is -1.38. The molecule has 164 valence electrons. The molecule has 0 spiro atoms. The first-order valence-corrected chi connectivity index (χ1v) is 10.8. The number of quaternary nitrogens is 1. The lowest BCUT2D eigenvalue weighted by atomic mass is 9.85. The number of nitrogens with zero attached hydrogens (tertiary/aromatic N) is 1. The van der Waals surface area contributed by atoms with Crippen LogP contribution in [0, 0.1) is 0 Å². The largest absolute Gasteiger partial charge is 0.834 e. The minimum Gasteiger partial charge on any atom is -0.834 e. The van der Waals surface area contributed by atoms with E-state index in [0.717, 1.165) is 30.2 Å². The van der Waals surface area contributed by atoms with Crippen LogP contribution in [0.3, 0.4) is 0 Å².